The Balaban J connectivity index is 1.14. The summed E-state index contributed by atoms with van der Waals surface area (Å²) in [5, 5.41) is 7.73. The predicted molar refractivity (Wildman–Crippen MR) is 260 cm³/mol. The maximum absolute atomic E-state index is 2.54. The smallest absolute Gasteiger partial charge is 0.0508 e. The summed E-state index contributed by atoms with van der Waals surface area (Å²) >= 11 is 0. The molecule has 61 heavy (non-hydrogen) atoms. The summed E-state index contributed by atoms with van der Waals surface area (Å²) in [6.45, 7) is 9.63. The number of benzene rings is 10. The van der Waals surface area contributed by atoms with E-state index in [4.69, 9.17) is 0 Å². The molecular weight excluding hydrogens is 735 g/mol. The number of nitrogens with zero attached hydrogens (tertiary/aromatic N) is 1. The van der Waals surface area contributed by atoms with Gasteiger partial charge in [-0.3, -0.25) is 0 Å². The quantitative estimate of drug-likeness (QED) is 0.157. The van der Waals surface area contributed by atoms with Gasteiger partial charge >= 0.3 is 0 Å². The van der Waals surface area contributed by atoms with Crippen LogP contribution in [0.4, 0.5) is 17.1 Å². The summed E-state index contributed by atoms with van der Waals surface area (Å²) in [4.78, 5) is 2.54. The second-order valence-corrected chi connectivity index (χ2v) is 18.1. The van der Waals surface area contributed by atoms with E-state index in [1.165, 1.54) is 105 Å². The summed E-state index contributed by atoms with van der Waals surface area (Å²) < 4.78 is 0. The first-order valence-electron chi connectivity index (χ1n) is 21.6. The van der Waals surface area contributed by atoms with Gasteiger partial charge in [-0.2, -0.15) is 0 Å². The Morgan fingerprint density at radius 1 is 0.344 bits per heavy atom. The molecule has 0 aliphatic heterocycles. The first-order chi connectivity index (χ1) is 29.8. The van der Waals surface area contributed by atoms with Gasteiger partial charge in [0.05, 0.1) is 5.69 Å². The molecule has 1 nitrogen and oxygen atoms in total. The molecule has 0 N–H and O–H groups in total. The lowest BCUT2D eigenvalue weighted by Gasteiger charge is -2.40. The Hall–Kier alpha value is -7.22. The molecule has 2 aliphatic carbocycles. The van der Waals surface area contributed by atoms with Crippen LogP contribution in [0.2, 0.25) is 0 Å². The average molecular weight is 780 g/mol. The summed E-state index contributed by atoms with van der Waals surface area (Å²) in [5.74, 6) is 0. The van der Waals surface area contributed by atoms with Crippen molar-refractivity contribution in [3.8, 4) is 44.5 Å². The third kappa shape index (κ3) is 5.20. The van der Waals surface area contributed by atoms with Crippen LogP contribution in [0.15, 0.2) is 200 Å². The van der Waals surface area contributed by atoms with Crippen LogP contribution in [0.3, 0.4) is 0 Å². The topological polar surface area (TPSA) is 3.24 Å². The van der Waals surface area contributed by atoms with Crippen LogP contribution < -0.4 is 4.90 Å². The fraction of sp³-hybridized carbons (Fsp3) is 0.100. The molecule has 0 unspecified atom stereocenters. The molecule has 0 saturated carbocycles. The molecule has 1 heteroatoms. The lowest BCUT2D eigenvalue weighted by molar-refractivity contribution is 0.645. The lowest BCUT2D eigenvalue weighted by Crippen LogP contribution is -2.27. The maximum Gasteiger partial charge on any atom is 0.0508 e. The molecule has 0 radical (unpaired) electrons. The van der Waals surface area contributed by atoms with E-state index in [1.807, 2.05) is 0 Å². The van der Waals surface area contributed by atoms with Crippen molar-refractivity contribution >= 4 is 49.4 Å². The van der Waals surface area contributed by atoms with Crippen molar-refractivity contribution in [1.82, 2.24) is 0 Å². The van der Waals surface area contributed by atoms with E-state index in [-0.39, 0.29) is 10.8 Å². The van der Waals surface area contributed by atoms with Gasteiger partial charge in [0.15, 0.2) is 0 Å². The number of fused-ring (bicyclic) bond motifs is 8. The average Bonchev–Trinajstić information content (AvgIpc) is 3.53. The lowest BCUT2D eigenvalue weighted by atomic mass is 9.66. The third-order valence-electron chi connectivity index (χ3n) is 14.0. The molecular formula is C60H45N. The van der Waals surface area contributed by atoms with E-state index in [2.05, 4.69) is 233 Å². The van der Waals surface area contributed by atoms with E-state index < -0.39 is 0 Å². The zero-order valence-electron chi connectivity index (χ0n) is 35.0. The van der Waals surface area contributed by atoms with Crippen molar-refractivity contribution in [3.63, 3.8) is 0 Å². The van der Waals surface area contributed by atoms with Crippen LogP contribution in [-0.2, 0) is 10.8 Å². The van der Waals surface area contributed by atoms with Gasteiger partial charge < -0.3 is 4.90 Å². The summed E-state index contributed by atoms with van der Waals surface area (Å²) in [5.41, 5.74) is 18.7. The normalized spacial score (nSPS) is 14.2. The second-order valence-electron chi connectivity index (χ2n) is 18.1. The Labute approximate surface area is 358 Å². The van der Waals surface area contributed by atoms with Crippen molar-refractivity contribution in [3.05, 3.63) is 222 Å². The Kier molecular flexibility index (Phi) is 7.69. The zero-order chi connectivity index (χ0) is 41.0. The molecule has 10 aromatic carbocycles. The Bertz CT molecular complexity index is 3400. The standard InChI is InChI=1S/C60H45N/c1-59(2)52-25-13-12-23-47(52)48-35-33-43(37-54(48)59)61(42-31-28-39(29-32-42)38-16-6-5-7-17-38)55-27-15-24-50-57-49(34-30-40-19-14-26-53(56(40)57)60(3,4)58(50)55)51-36-41-18-8-9-20-44(41)45-21-10-11-22-46(45)51/h5-37H,1-4H3. The Morgan fingerprint density at radius 3 is 1.79 bits per heavy atom. The zero-order valence-corrected chi connectivity index (χ0v) is 35.0. The van der Waals surface area contributed by atoms with E-state index in [1.54, 1.807) is 0 Å². The van der Waals surface area contributed by atoms with Crippen LogP contribution in [0.25, 0.3) is 76.8 Å². The summed E-state index contributed by atoms with van der Waals surface area (Å²) in [6, 6.07) is 74.9. The monoisotopic (exact) mass is 779 g/mol. The molecule has 10 aromatic rings. The van der Waals surface area contributed by atoms with Crippen molar-refractivity contribution in [2.24, 2.45) is 0 Å². The highest BCUT2D eigenvalue weighted by atomic mass is 15.1. The van der Waals surface area contributed by atoms with Crippen LogP contribution >= 0.6 is 0 Å². The molecule has 290 valence electrons. The van der Waals surface area contributed by atoms with Gasteiger partial charge in [0.25, 0.3) is 0 Å². The number of rotatable bonds is 5. The number of anilines is 3. The van der Waals surface area contributed by atoms with Gasteiger partial charge in [0.1, 0.15) is 0 Å². The highest BCUT2D eigenvalue weighted by Crippen LogP contribution is 2.57. The molecule has 0 aromatic heterocycles. The van der Waals surface area contributed by atoms with Gasteiger partial charge in [-0.1, -0.05) is 191 Å². The van der Waals surface area contributed by atoms with Gasteiger partial charge in [-0.25, -0.2) is 0 Å². The fourth-order valence-electron chi connectivity index (χ4n) is 11.1. The number of hydrogen-bond acceptors (Lipinski definition) is 1. The Morgan fingerprint density at radius 2 is 0.951 bits per heavy atom. The molecule has 0 atom stereocenters. The molecule has 0 saturated heterocycles. The van der Waals surface area contributed by atoms with Crippen molar-refractivity contribution < 1.29 is 0 Å². The van der Waals surface area contributed by atoms with E-state index >= 15 is 0 Å². The summed E-state index contributed by atoms with van der Waals surface area (Å²) in [6.07, 6.45) is 0. The maximum atomic E-state index is 2.54. The first-order valence-corrected chi connectivity index (χ1v) is 21.6. The number of hydrogen-bond donors (Lipinski definition) is 0. The van der Waals surface area contributed by atoms with Crippen LogP contribution in [0, 0.1) is 0 Å². The van der Waals surface area contributed by atoms with Crippen LogP contribution in [-0.4, -0.2) is 0 Å². The fourth-order valence-corrected chi connectivity index (χ4v) is 11.1. The van der Waals surface area contributed by atoms with E-state index in [0.29, 0.717) is 0 Å². The largest absolute Gasteiger partial charge is 0.310 e. The highest BCUT2D eigenvalue weighted by molar-refractivity contribution is 6.18. The van der Waals surface area contributed by atoms with Crippen LogP contribution in [0.5, 0.6) is 0 Å². The van der Waals surface area contributed by atoms with Gasteiger partial charge in [0, 0.05) is 22.2 Å². The third-order valence-corrected chi connectivity index (χ3v) is 14.0. The highest BCUT2D eigenvalue weighted by Gasteiger charge is 2.40. The first kappa shape index (κ1) is 35.7. The van der Waals surface area contributed by atoms with Gasteiger partial charge in [-0.05, 0) is 135 Å². The van der Waals surface area contributed by atoms with Crippen molar-refractivity contribution in [2.75, 3.05) is 4.90 Å². The minimum Gasteiger partial charge on any atom is -0.310 e. The second kappa shape index (κ2) is 13.1. The predicted octanol–water partition coefficient (Wildman–Crippen LogP) is 16.6. The molecule has 12 rings (SSSR count). The molecule has 0 amide bonds. The van der Waals surface area contributed by atoms with Crippen molar-refractivity contribution in [2.45, 2.75) is 38.5 Å². The molecule has 0 fully saturated rings. The van der Waals surface area contributed by atoms with Gasteiger partial charge in [-0.15, -0.1) is 0 Å². The minimum absolute atomic E-state index is 0.133. The minimum atomic E-state index is -0.322. The van der Waals surface area contributed by atoms with Crippen LogP contribution in [0.1, 0.15) is 49.9 Å². The van der Waals surface area contributed by atoms with Crippen molar-refractivity contribution in [1.29, 1.82) is 0 Å². The molecule has 0 heterocycles. The molecule has 2 aliphatic rings. The molecule has 0 spiro atoms. The van der Waals surface area contributed by atoms with E-state index in [0.717, 1.165) is 11.4 Å². The van der Waals surface area contributed by atoms with Gasteiger partial charge in [0.2, 0.25) is 0 Å². The summed E-state index contributed by atoms with van der Waals surface area (Å²) in [7, 11) is 0. The molecule has 0 bridgehead atoms. The van der Waals surface area contributed by atoms with E-state index in [9.17, 15) is 0 Å². The SMILES string of the molecule is CC1(C)c2ccccc2-c2ccc(N(c3ccc(-c4ccccc4)cc3)c3cccc4c3C(C)(C)c3cccc5ccc(-c6cc7ccccc7c7ccccc67)c-4c35)cc21.